The second kappa shape index (κ2) is 14.6. The molecule has 9 N–H and O–H groups in total. The largest absolute Gasteiger partial charge is 0.480 e. The number of nitrogens with two attached hydrogens (primary N) is 1. The monoisotopic (exact) mass is 515 g/mol. The van der Waals surface area contributed by atoms with E-state index >= 15 is 0 Å². The fraction of sp³-hybridized carbons (Fsp3) is 0.667. The van der Waals surface area contributed by atoms with E-state index in [1.807, 2.05) is 0 Å². The van der Waals surface area contributed by atoms with Crippen molar-refractivity contribution in [1.82, 2.24) is 31.9 Å². The van der Waals surface area contributed by atoms with Gasteiger partial charge in [-0.25, -0.2) is 0 Å². The zero-order valence-corrected chi connectivity index (χ0v) is 21.4. The van der Waals surface area contributed by atoms with Crippen LogP contribution in [-0.2, 0) is 33.6 Å². The lowest BCUT2D eigenvalue weighted by Crippen LogP contribution is -2.57. The van der Waals surface area contributed by atoms with E-state index in [2.05, 4.69) is 31.9 Å². The van der Waals surface area contributed by atoms with Gasteiger partial charge in [-0.1, -0.05) is 0 Å². The third-order valence-electron chi connectivity index (χ3n) is 4.90. The van der Waals surface area contributed by atoms with E-state index in [-0.39, 0.29) is 0 Å². The summed E-state index contributed by atoms with van der Waals surface area (Å²) in [5.74, 6) is -5.25. The van der Waals surface area contributed by atoms with Crippen molar-refractivity contribution in [3.63, 3.8) is 0 Å². The number of nitrogens with one attached hydrogen (secondary N) is 6. The van der Waals surface area contributed by atoms with Gasteiger partial charge in [0.25, 0.3) is 0 Å². The molecule has 0 saturated carbocycles. The van der Waals surface area contributed by atoms with Gasteiger partial charge >= 0.3 is 5.97 Å². The Balaban J connectivity index is 4.71. The van der Waals surface area contributed by atoms with Gasteiger partial charge < -0.3 is 42.7 Å². The number of carbonyl (C=O) groups excluding carboxylic acids is 6. The minimum Gasteiger partial charge on any atom is -0.480 e. The summed E-state index contributed by atoms with van der Waals surface area (Å²) in [6.45, 7) is 9.57. The van der Waals surface area contributed by atoms with E-state index in [0.29, 0.717) is 0 Å². The van der Waals surface area contributed by atoms with Gasteiger partial charge in [-0.2, -0.15) is 0 Å². The Kier molecular flexibility index (Phi) is 13.1. The second-order valence-electron chi connectivity index (χ2n) is 8.51. The maximum atomic E-state index is 12.4. The first kappa shape index (κ1) is 32.2. The Hall–Kier alpha value is -3.75. The van der Waals surface area contributed by atoms with Crippen LogP contribution in [0.1, 0.15) is 48.5 Å². The van der Waals surface area contributed by atoms with Gasteiger partial charge in [-0.3, -0.25) is 33.6 Å². The molecule has 7 unspecified atom stereocenters. The molecular formula is C21H37N7O8. The molecule has 0 aromatic rings. The molecule has 0 bridgehead atoms. The Bertz CT molecular complexity index is 863. The highest BCUT2D eigenvalue weighted by Gasteiger charge is 2.27. The molecule has 0 aliphatic rings. The lowest BCUT2D eigenvalue weighted by Gasteiger charge is -2.22. The number of carboxylic acids is 1. The highest BCUT2D eigenvalue weighted by atomic mass is 16.4. The van der Waals surface area contributed by atoms with Crippen LogP contribution in [0.3, 0.4) is 0 Å². The van der Waals surface area contributed by atoms with Gasteiger partial charge in [0.15, 0.2) is 0 Å². The standard InChI is InChI=1S/C21H37N7O8/c1-8(22)15(29)23-9(2)16(30)24-10(3)17(31)25-11(4)18(32)26-12(5)19(33)27-13(6)20(34)28-14(7)21(35)36/h8-14H,22H2,1-7H3,(H,23,29)(H,24,30)(H,25,31)(H,26,32)(H,27,33)(H,28,34)(H,35,36). The molecule has 0 spiro atoms. The predicted octanol–water partition coefficient (Wildman–Crippen LogP) is -3.55. The van der Waals surface area contributed by atoms with Crippen LogP contribution in [0.15, 0.2) is 0 Å². The zero-order chi connectivity index (χ0) is 28.3. The van der Waals surface area contributed by atoms with Crippen LogP contribution in [0, 0.1) is 0 Å². The van der Waals surface area contributed by atoms with Crippen LogP contribution in [0.25, 0.3) is 0 Å². The zero-order valence-electron chi connectivity index (χ0n) is 21.4. The molecule has 0 aromatic heterocycles. The number of rotatable bonds is 13. The van der Waals surface area contributed by atoms with E-state index in [1.165, 1.54) is 48.5 Å². The molecule has 0 aliphatic heterocycles. The summed E-state index contributed by atoms with van der Waals surface area (Å²) >= 11 is 0. The lowest BCUT2D eigenvalue weighted by molar-refractivity contribution is -0.141. The van der Waals surface area contributed by atoms with E-state index < -0.39 is 83.7 Å². The summed E-state index contributed by atoms with van der Waals surface area (Å²) in [7, 11) is 0. The second-order valence-corrected chi connectivity index (χ2v) is 8.51. The summed E-state index contributed by atoms with van der Waals surface area (Å²) in [6.07, 6.45) is 0. The summed E-state index contributed by atoms with van der Waals surface area (Å²) in [5, 5.41) is 22.9. The van der Waals surface area contributed by atoms with Crippen LogP contribution >= 0.6 is 0 Å². The van der Waals surface area contributed by atoms with Gasteiger partial charge in [-0.05, 0) is 48.5 Å². The highest BCUT2D eigenvalue weighted by molar-refractivity contribution is 5.96. The normalized spacial score (nSPS) is 16.4. The van der Waals surface area contributed by atoms with Crippen molar-refractivity contribution in [3.05, 3.63) is 0 Å². The predicted molar refractivity (Wildman–Crippen MR) is 127 cm³/mol. The van der Waals surface area contributed by atoms with Crippen molar-refractivity contribution >= 4 is 41.4 Å². The van der Waals surface area contributed by atoms with Crippen LogP contribution in [-0.4, -0.2) is 88.8 Å². The van der Waals surface area contributed by atoms with Crippen LogP contribution < -0.4 is 37.6 Å². The average molecular weight is 516 g/mol. The molecule has 0 radical (unpaired) electrons. The van der Waals surface area contributed by atoms with Gasteiger partial charge in [-0.15, -0.1) is 0 Å². The van der Waals surface area contributed by atoms with Gasteiger partial charge in [0, 0.05) is 0 Å². The minimum absolute atomic E-state index is 0.539. The first-order chi connectivity index (χ1) is 16.5. The van der Waals surface area contributed by atoms with E-state index in [9.17, 15) is 33.6 Å². The lowest BCUT2D eigenvalue weighted by atomic mass is 10.2. The highest BCUT2D eigenvalue weighted by Crippen LogP contribution is 1.94. The molecule has 0 aromatic carbocycles. The molecule has 15 nitrogen and oxygen atoms in total. The number of carbonyl (C=O) groups is 7. The summed E-state index contributed by atoms with van der Waals surface area (Å²) in [4.78, 5) is 83.5. The van der Waals surface area contributed by atoms with Crippen molar-refractivity contribution in [2.24, 2.45) is 5.73 Å². The molecule has 15 heteroatoms. The van der Waals surface area contributed by atoms with E-state index in [1.54, 1.807) is 0 Å². The van der Waals surface area contributed by atoms with Crippen molar-refractivity contribution in [2.75, 3.05) is 0 Å². The fourth-order valence-electron chi connectivity index (χ4n) is 2.43. The maximum absolute atomic E-state index is 12.4. The molecule has 0 fully saturated rings. The van der Waals surface area contributed by atoms with Gasteiger partial charge in [0.05, 0.1) is 6.04 Å². The number of hydrogen-bond acceptors (Lipinski definition) is 8. The van der Waals surface area contributed by atoms with Crippen molar-refractivity contribution in [3.8, 4) is 0 Å². The Labute approximate surface area is 209 Å². The molecular weight excluding hydrogens is 478 g/mol. The van der Waals surface area contributed by atoms with Crippen molar-refractivity contribution < 1.29 is 38.7 Å². The molecule has 0 saturated heterocycles. The topological polar surface area (TPSA) is 238 Å². The van der Waals surface area contributed by atoms with Gasteiger partial charge in [0.2, 0.25) is 35.4 Å². The molecule has 0 rings (SSSR count). The Morgan fingerprint density at radius 1 is 0.444 bits per heavy atom. The smallest absolute Gasteiger partial charge is 0.325 e. The Morgan fingerprint density at radius 2 is 0.639 bits per heavy atom. The van der Waals surface area contributed by atoms with Gasteiger partial charge in [0.1, 0.15) is 36.3 Å². The van der Waals surface area contributed by atoms with Crippen molar-refractivity contribution in [1.29, 1.82) is 0 Å². The quantitative estimate of drug-likeness (QED) is 0.121. The first-order valence-corrected chi connectivity index (χ1v) is 11.3. The molecule has 0 aliphatic carbocycles. The number of aliphatic carboxylic acids is 1. The fourth-order valence-corrected chi connectivity index (χ4v) is 2.43. The van der Waals surface area contributed by atoms with E-state index in [4.69, 9.17) is 10.8 Å². The average Bonchev–Trinajstić information content (AvgIpc) is 2.77. The van der Waals surface area contributed by atoms with Crippen LogP contribution in [0.4, 0.5) is 0 Å². The molecule has 7 atom stereocenters. The third-order valence-corrected chi connectivity index (χ3v) is 4.90. The van der Waals surface area contributed by atoms with Crippen LogP contribution in [0.5, 0.6) is 0 Å². The molecule has 0 heterocycles. The molecule has 6 amide bonds. The Morgan fingerprint density at radius 3 is 0.833 bits per heavy atom. The summed E-state index contributed by atoms with van der Waals surface area (Å²) in [6, 6.07) is -7.20. The van der Waals surface area contributed by atoms with Crippen molar-refractivity contribution in [2.45, 2.75) is 90.8 Å². The van der Waals surface area contributed by atoms with Crippen LogP contribution in [0.2, 0.25) is 0 Å². The summed E-state index contributed by atoms with van der Waals surface area (Å²) in [5.41, 5.74) is 5.43. The number of amides is 6. The van der Waals surface area contributed by atoms with E-state index in [0.717, 1.165) is 0 Å². The summed E-state index contributed by atoms with van der Waals surface area (Å²) < 4.78 is 0. The SMILES string of the molecule is CC(N)C(=O)NC(C)C(=O)NC(C)C(=O)NC(C)C(=O)NC(C)C(=O)NC(C)C(=O)NC(C)C(=O)O. The maximum Gasteiger partial charge on any atom is 0.325 e. The molecule has 204 valence electrons. The third kappa shape index (κ3) is 11.1. The molecule has 36 heavy (non-hydrogen) atoms. The number of carboxylic acid groups (broad SMARTS) is 1. The minimum atomic E-state index is -1.24. The first-order valence-electron chi connectivity index (χ1n) is 11.3. The number of hydrogen-bond donors (Lipinski definition) is 8.